The fourth-order valence-electron chi connectivity index (χ4n) is 3.57. The van der Waals surface area contributed by atoms with Crippen molar-refractivity contribution in [1.29, 1.82) is 0 Å². The number of fused-ring (bicyclic) bond motifs is 2. The van der Waals surface area contributed by atoms with E-state index in [9.17, 15) is 4.79 Å². The average Bonchev–Trinajstić information content (AvgIpc) is 3.06. The molecule has 3 rings (SSSR count). The zero-order valence-corrected chi connectivity index (χ0v) is 13.4. The van der Waals surface area contributed by atoms with Crippen LogP contribution in [0, 0.1) is 11.3 Å². The number of nitrogens with one attached hydrogen (secondary N) is 1. The van der Waals surface area contributed by atoms with Gasteiger partial charge in [0.25, 0.3) is 0 Å². The molecule has 0 aromatic carbocycles. The van der Waals surface area contributed by atoms with Crippen LogP contribution in [0.4, 0.5) is 0 Å². The topological polar surface area (TPSA) is 32.3 Å². The van der Waals surface area contributed by atoms with Crippen LogP contribution in [0.25, 0.3) is 0 Å². The molecule has 1 aromatic rings. The van der Waals surface area contributed by atoms with Gasteiger partial charge < -0.3 is 4.90 Å². The van der Waals surface area contributed by atoms with Crippen LogP contribution in [0.5, 0.6) is 0 Å². The lowest BCUT2D eigenvalue weighted by Crippen LogP contribution is -2.46. The van der Waals surface area contributed by atoms with E-state index in [4.69, 9.17) is 0 Å². The number of carbonyl (C=O) groups excluding carboxylic acids is 1. The fourth-order valence-corrected chi connectivity index (χ4v) is 4.61. The van der Waals surface area contributed by atoms with Gasteiger partial charge in [-0.2, -0.15) is 0 Å². The minimum atomic E-state index is 0.145. The highest BCUT2D eigenvalue weighted by atomic mass is 32.1. The van der Waals surface area contributed by atoms with Crippen molar-refractivity contribution in [1.82, 2.24) is 10.2 Å². The highest BCUT2D eigenvalue weighted by Crippen LogP contribution is 2.39. The van der Waals surface area contributed by atoms with E-state index >= 15 is 0 Å². The molecule has 2 heterocycles. The maximum Gasteiger partial charge on any atom is 0.227 e. The van der Waals surface area contributed by atoms with Gasteiger partial charge >= 0.3 is 0 Å². The number of piperidine rings is 1. The number of likely N-dealkylation sites (tertiary alicyclic amines) is 1. The Hall–Kier alpha value is -0.870. The van der Waals surface area contributed by atoms with Gasteiger partial charge in [-0.3, -0.25) is 10.1 Å². The monoisotopic (exact) mass is 292 g/mol. The van der Waals surface area contributed by atoms with E-state index < -0.39 is 0 Å². The molecule has 1 aromatic heterocycles. The first-order chi connectivity index (χ1) is 9.47. The zero-order chi connectivity index (χ0) is 14.3. The van der Waals surface area contributed by atoms with E-state index in [1.807, 2.05) is 0 Å². The Kier molecular flexibility index (Phi) is 3.63. The molecule has 20 heavy (non-hydrogen) atoms. The van der Waals surface area contributed by atoms with Crippen LogP contribution in [0.3, 0.4) is 0 Å². The first-order valence-corrected chi connectivity index (χ1v) is 8.42. The summed E-state index contributed by atoms with van der Waals surface area (Å²) in [5, 5.41) is 5.76. The molecule has 2 fully saturated rings. The molecule has 2 bridgehead atoms. The summed E-state index contributed by atoms with van der Waals surface area (Å²) in [5.41, 5.74) is 0.145. The molecule has 1 saturated heterocycles. The lowest BCUT2D eigenvalue weighted by Gasteiger charge is -2.35. The highest BCUT2D eigenvalue weighted by molar-refractivity contribution is 7.10. The van der Waals surface area contributed by atoms with Crippen LogP contribution < -0.4 is 5.32 Å². The molecule has 3 atom stereocenters. The average molecular weight is 292 g/mol. The predicted octanol–water partition coefficient (Wildman–Crippen LogP) is 3.39. The number of nitrogens with zero attached hydrogens (tertiary/aromatic N) is 1. The Morgan fingerprint density at radius 1 is 1.45 bits per heavy atom. The number of carbonyl (C=O) groups is 1. The normalized spacial score (nSPS) is 27.4. The van der Waals surface area contributed by atoms with Gasteiger partial charge in [0, 0.05) is 22.9 Å². The van der Waals surface area contributed by atoms with E-state index in [1.54, 1.807) is 11.3 Å². The van der Waals surface area contributed by atoms with Gasteiger partial charge in [-0.15, -0.1) is 11.3 Å². The molecule has 1 aliphatic heterocycles. The van der Waals surface area contributed by atoms with Crippen molar-refractivity contribution in [2.24, 2.45) is 11.3 Å². The smallest absolute Gasteiger partial charge is 0.227 e. The van der Waals surface area contributed by atoms with Gasteiger partial charge in [0.1, 0.15) is 0 Å². The Balaban J connectivity index is 1.68. The summed E-state index contributed by atoms with van der Waals surface area (Å²) >= 11 is 1.79. The number of hydrogen-bond donors (Lipinski definition) is 1. The summed E-state index contributed by atoms with van der Waals surface area (Å²) in [7, 11) is 0. The number of amides is 1. The maximum absolute atomic E-state index is 12.2. The van der Waals surface area contributed by atoms with E-state index in [2.05, 4.69) is 48.5 Å². The summed E-state index contributed by atoms with van der Waals surface area (Å²) in [6.07, 6.45) is 3.38. The lowest BCUT2D eigenvalue weighted by atomic mass is 9.86. The second-order valence-corrected chi connectivity index (χ2v) is 8.13. The molecule has 0 radical (unpaired) electrons. The summed E-state index contributed by atoms with van der Waals surface area (Å²) < 4.78 is 0. The Bertz CT molecular complexity index is 477. The first kappa shape index (κ1) is 14.1. The van der Waals surface area contributed by atoms with Gasteiger partial charge in [0.2, 0.25) is 5.91 Å². The molecular formula is C16H24N2OS. The van der Waals surface area contributed by atoms with E-state index in [1.165, 1.54) is 11.3 Å². The summed E-state index contributed by atoms with van der Waals surface area (Å²) in [4.78, 5) is 15.6. The van der Waals surface area contributed by atoms with Crippen molar-refractivity contribution in [3.63, 3.8) is 0 Å². The molecule has 0 spiro atoms. The molecule has 3 nitrogen and oxygen atoms in total. The van der Waals surface area contributed by atoms with Gasteiger partial charge in [-0.25, -0.2) is 0 Å². The minimum absolute atomic E-state index is 0.145. The standard InChI is InChI=1S/C16H24N2OS/c1-16(2,3)14(13-5-4-8-20-13)17-10-18-12-7-6-11(9-12)15(18)19/h4-5,8,11-12,14,17H,6-7,9-10H2,1-3H3/t11-,12-,14+/m0/s1. The van der Waals surface area contributed by atoms with Gasteiger partial charge in [0.15, 0.2) is 0 Å². The third kappa shape index (κ3) is 2.51. The van der Waals surface area contributed by atoms with Crippen molar-refractivity contribution < 1.29 is 4.79 Å². The fraction of sp³-hybridized carbons (Fsp3) is 0.688. The molecule has 1 saturated carbocycles. The Morgan fingerprint density at radius 3 is 2.80 bits per heavy atom. The third-order valence-corrected chi connectivity index (χ3v) is 5.57. The largest absolute Gasteiger partial charge is 0.327 e. The van der Waals surface area contributed by atoms with Crippen molar-refractivity contribution in [3.8, 4) is 0 Å². The van der Waals surface area contributed by atoms with Crippen molar-refractivity contribution >= 4 is 17.2 Å². The summed E-state index contributed by atoms with van der Waals surface area (Å²) in [5.74, 6) is 0.684. The van der Waals surface area contributed by atoms with Crippen molar-refractivity contribution in [2.45, 2.75) is 52.1 Å². The van der Waals surface area contributed by atoms with Crippen LogP contribution in [0.15, 0.2) is 17.5 Å². The van der Waals surface area contributed by atoms with Crippen LogP contribution in [-0.2, 0) is 4.79 Å². The number of rotatable bonds is 4. The maximum atomic E-state index is 12.2. The molecule has 1 amide bonds. The molecule has 110 valence electrons. The SMILES string of the molecule is CC(C)(C)[C@H](NCN1C(=O)[C@H]2CC[C@H]1C2)c1cccs1. The second-order valence-electron chi connectivity index (χ2n) is 7.15. The van der Waals surface area contributed by atoms with Gasteiger partial charge in [0.05, 0.1) is 6.67 Å². The minimum Gasteiger partial charge on any atom is -0.327 e. The van der Waals surface area contributed by atoms with Gasteiger partial charge in [-0.1, -0.05) is 26.8 Å². The van der Waals surface area contributed by atoms with Crippen molar-refractivity contribution in [2.75, 3.05) is 6.67 Å². The van der Waals surface area contributed by atoms with Crippen molar-refractivity contribution in [3.05, 3.63) is 22.4 Å². The molecule has 1 N–H and O–H groups in total. The Morgan fingerprint density at radius 2 is 2.25 bits per heavy atom. The van der Waals surface area contributed by atoms with Crippen LogP contribution in [0.2, 0.25) is 0 Å². The van der Waals surface area contributed by atoms with E-state index in [0.717, 1.165) is 12.8 Å². The van der Waals surface area contributed by atoms with Crippen LogP contribution >= 0.6 is 11.3 Å². The highest BCUT2D eigenvalue weighted by Gasteiger charge is 2.44. The molecule has 1 aliphatic carbocycles. The molecule has 2 aliphatic rings. The molecular weight excluding hydrogens is 268 g/mol. The summed E-state index contributed by atoms with van der Waals surface area (Å²) in [6.45, 7) is 7.45. The zero-order valence-electron chi connectivity index (χ0n) is 12.6. The van der Waals surface area contributed by atoms with Crippen LogP contribution in [0.1, 0.15) is 51.0 Å². The lowest BCUT2D eigenvalue weighted by molar-refractivity contribution is -0.134. The third-order valence-electron chi connectivity index (χ3n) is 4.64. The first-order valence-electron chi connectivity index (χ1n) is 7.54. The molecule has 4 heteroatoms. The predicted molar refractivity (Wildman–Crippen MR) is 82.5 cm³/mol. The number of hydrogen-bond acceptors (Lipinski definition) is 3. The quantitative estimate of drug-likeness (QED) is 0.922. The molecule has 0 unspecified atom stereocenters. The number of thiophene rings is 1. The summed E-state index contributed by atoms with van der Waals surface area (Å²) in [6, 6.07) is 5.08. The van der Waals surface area contributed by atoms with E-state index in [-0.39, 0.29) is 5.41 Å². The second kappa shape index (κ2) is 5.15. The van der Waals surface area contributed by atoms with Crippen LogP contribution in [-0.4, -0.2) is 23.5 Å². The van der Waals surface area contributed by atoms with E-state index in [0.29, 0.717) is 30.6 Å². The van der Waals surface area contributed by atoms with Gasteiger partial charge in [-0.05, 0) is 36.1 Å². The Labute approximate surface area is 125 Å².